The molecule has 3 heteroatoms. The van der Waals surface area contributed by atoms with Gasteiger partial charge in [-0.05, 0) is 46.5 Å². The Balaban J connectivity index is 2.27. The maximum absolute atomic E-state index is 6.44. The molecule has 0 saturated carbocycles. The smallest absolute Gasteiger partial charge is 0.118 e. The highest BCUT2D eigenvalue weighted by Crippen LogP contribution is 2.33. The molecule has 0 bridgehead atoms. The van der Waals surface area contributed by atoms with E-state index in [1.165, 1.54) is 11.1 Å². The van der Waals surface area contributed by atoms with Crippen molar-refractivity contribution in [3.05, 3.63) is 51.7 Å². The number of ether oxygens (including phenoxy) is 1. The first-order valence-corrected chi connectivity index (χ1v) is 6.41. The van der Waals surface area contributed by atoms with Crippen molar-refractivity contribution in [3.8, 4) is 5.75 Å². The topological polar surface area (TPSA) is 9.23 Å². The van der Waals surface area contributed by atoms with Gasteiger partial charge >= 0.3 is 0 Å². The molecule has 1 unspecified atom stereocenters. The van der Waals surface area contributed by atoms with Gasteiger partial charge in [0.1, 0.15) is 5.75 Å². The monoisotopic (exact) mass is 252 g/mol. The molecule has 1 aromatic heterocycles. The van der Waals surface area contributed by atoms with E-state index in [4.69, 9.17) is 16.3 Å². The summed E-state index contributed by atoms with van der Waals surface area (Å²) in [5.74, 6) is 0.856. The van der Waals surface area contributed by atoms with Crippen molar-refractivity contribution in [1.82, 2.24) is 0 Å². The average Bonchev–Trinajstić information content (AvgIpc) is 2.75. The first-order valence-electron chi connectivity index (χ1n) is 5.03. The van der Waals surface area contributed by atoms with E-state index in [1.54, 1.807) is 18.4 Å². The van der Waals surface area contributed by atoms with Gasteiger partial charge in [-0.3, -0.25) is 0 Å². The molecule has 1 nitrogen and oxygen atoms in total. The number of halogens is 1. The zero-order chi connectivity index (χ0) is 11.5. The predicted octanol–water partition coefficient (Wildman–Crippen LogP) is 4.39. The summed E-state index contributed by atoms with van der Waals surface area (Å²) >= 11 is 8.13. The van der Waals surface area contributed by atoms with Gasteiger partial charge in [0.2, 0.25) is 0 Å². The van der Waals surface area contributed by atoms with Crippen molar-refractivity contribution < 1.29 is 4.74 Å². The Morgan fingerprint density at radius 3 is 2.38 bits per heavy atom. The number of hydrogen-bond acceptors (Lipinski definition) is 2. The van der Waals surface area contributed by atoms with E-state index in [0.717, 1.165) is 11.3 Å². The molecule has 0 radical (unpaired) electrons. The van der Waals surface area contributed by atoms with Gasteiger partial charge in [0.05, 0.1) is 12.5 Å². The van der Waals surface area contributed by atoms with E-state index >= 15 is 0 Å². The van der Waals surface area contributed by atoms with Gasteiger partial charge in [0, 0.05) is 0 Å². The molecule has 1 atom stereocenters. The van der Waals surface area contributed by atoms with Crippen LogP contribution in [-0.4, -0.2) is 7.11 Å². The van der Waals surface area contributed by atoms with Crippen molar-refractivity contribution in [2.24, 2.45) is 0 Å². The molecular weight excluding hydrogens is 240 g/mol. The molecule has 1 aromatic carbocycles. The third-order valence-corrected chi connectivity index (χ3v) is 3.94. The minimum absolute atomic E-state index is 0.0721. The summed E-state index contributed by atoms with van der Waals surface area (Å²) in [6.45, 7) is 2.09. The van der Waals surface area contributed by atoms with Crippen LogP contribution in [0.5, 0.6) is 5.75 Å². The quantitative estimate of drug-likeness (QED) is 0.736. The highest BCUT2D eigenvalue weighted by molar-refractivity contribution is 7.08. The lowest BCUT2D eigenvalue weighted by molar-refractivity contribution is 0.414. The Labute approximate surface area is 105 Å². The van der Waals surface area contributed by atoms with Crippen LogP contribution >= 0.6 is 22.9 Å². The molecular formula is C13H13ClOS. The molecule has 0 aliphatic heterocycles. The molecule has 2 aromatic rings. The molecule has 0 saturated heterocycles. The Morgan fingerprint density at radius 2 is 1.88 bits per heavy atom. The van der Waals surface area contributed by atoms with Crippen LogP contribution in [0.4, 0.5) is 0 Å². The van der Waals surface area contributed by atoms with Crippen LogP contribution in [0.3, 0.4) is 0 Å². The minimum atomic E-state index is -0.0721. The lowest BCUT2D eigenvalue weighted by Gasteiger charge is -2.10. The van der Waals surface area contributed by atoms with Crippen LogP contribution < -0.4 is 4.74 Å². The van der Waals surface area contributed by atoms with E-state index in [2.05, 4.69) is 17.7 Å². The molecule has 0 aliphatic carbocycles. The fourth-order valence-corrected chi connectivity index (χ4v) is 2.91. The zero-order valence-electron chi connectivity index (χ0n) is 9.24. The fourth-order valence-electron chi connectivity index (χ4n) is 1.58. The van der Waals surface area contributed by atoms with E-state index in [0.29, 0.717) is 0 Å². The summed E-state index contributed by atoms with van der Waals surface area (Å²) in [6, 6.07) is 7.89. The van der Waals surface area contributed by atoms with Crippen LogP contribution in [0.25, 0.3) is 0 Å². The Morgan fingerprint density at radius 1 is 1.19 bits per heavy atom. The van der Waals surface area contributed by atoms with Gasteiger partial charge in [0.25, 0.3) is 0 Å². The Bertz CT molecular complexity index is 461. The van der Waals surface area contributed by atoms with Gasteiger partial charge in [-0.2, -0.15) is 11.3 Å². The van der Waals surface area contributed by atoms with Gasteiger partial charge in [-0.25, -0.2) is 0 Å². The number of methoxy groups -OCH3 is 1. The van der Waals surface area contributed by atoms with Gasteiger partial charge < -0.3 is 4.74 Å². The first kappa shape index (κ1) is 11.5. The maximum atomic E-state index is 6.44. The van der Waals surface area contributed by atoms with Crippen LogP contribution in [0.1, 0.15) is 22.1 Å². The summed E-state index contributed by atoms with van der Waals surface area (Å²) in [4.78, 5) is 0. The summed E-state index contributed by atoms with van der Waals surface area (Å²) in [5.41, 5.74) is 3.54. The molecule has 0 N–H and O–H groups in total. The van der Waals surface area contributed by atoms with E-state index in [1.807, 2.05) is 24.3 Å². The molecule has 0 amide bonds. The summed E-state index contributed by atoms with van der Waals surface area (Å²) in [7, 11) is 1.66. The molecule has 0 aliphatic rings. The number of benzene rings is 1. The van der Waals surface area contributed by atoms with Gasteiger partial charge in [0.15, 0.2) is 0 Å². The van der Waals surface area contributed by atoms with Crippen molar-refractivity contribution in [1.29, 1.82) is 0 Å². The molecule has 0 spiro atoms. The van der Waals surface area contributed by atoms with E-state index in [9.17, 15) is 0 Å². The van der Waals surface area contributed by atoms with Crippen LogP contribution in [0.2, 0.25) is 0 Å². The summed E-state index contributed by atoms with van der Waals surface area (Å²) < 4.78 is 5.12. The summed E-state index contributed by atoms with van der Waals surface area (Å²) in [5, 5.41) is 4.16. The number of alkyl halides is 1. The lowest BCUT2D eigenvalue weighted by atomic mass is 10.0. The predicted molar refractivity (Wildman–Crippen MR) is 69.7 cm³/mol. The second-order valence-corrected chi connectivity index (χ2v) is 4.83. The highest BCUT2D eigenvalue weighted by atomic mass is 35.5. The Kier molecular flexibility index (Phi) is 3.52. The van der Waals surface area contributed by atoms with E-state index < -0.39 is 0 Å². The number of thiophene rings is 1. The Hall–Kier alpha value is -0.990. The molecule has 84 valence electrons. The summed E-state index contributed by atoms with van der Waals surface area (Å²) in [6.07, 6.45) is 0. The van der Waals surface area contributed by atoms with Crippen LogP contribution in [0, 0.1) is 6.92 Å². The normalized spacial score (nSPS) is 12.4. The fraction of sp³-hybridized carbons (Fsp3) is 0.231. The highest BCUT2D eigenvalue weighted by Gasteiger charge is 2.13. The van der Waals surface area contributed by atoms with E-state index in [-0.39, 0.29) is 5.38 Å². The number of rotatable bonds is 3. The second-order valence-electron chi connectivity index (χ2n) is 3.65. The van der Waals surface area contributed by atoms with Crippen molar-refractivity contribution in [3.63, 3.8) is 0 Å². The standard InChI is InChI=1S/C13H13ClOS/c1-9-7-16-8-12(9)13(14)10-3-5-11(15-2)6-4-10/h3-8,13H,1-2H3. The third-order valence-electron chi connectivity index (χ3n) is 2.58. The SMILES string of the molecule is COc1ccc(C(Cl)c2cscc2C)cc1. The van der Waals surface area contributed by atoms with Crippen LogP contribution in [-0.2, 0) is 0 Å². The molecule has 1 heterocycles. The first-order chi connectivity index (χ1) is 7.72. The second kappa shape index (κ2) is 4.89. The lowest BCUT2D eigenvalue weighted by Crippen LogP contribution is -1.93. The molecule has 16 heavy (non-hydrogen) atoms. The number of hydrogen-bond donors (Lipinski definition) is 0. The average molecular weight is 253 g/mol. The van der Waals surface area contributed by atoms with Crippen molar-refractivity contribution in [2.75, 3.05) is 7.11 Å². The van der Waals surface area contributed by atoms with Crippen molar-refractivity contribution in [2.45, 2.75) is 12.3 Å². The zero-order valence-corrected chi connectivity index (χ0v) is 10.8. The van der Waals surface area contributed by atoms with Crippen LogP contribution in [0.15, 0.2) is 35.0 Å². The largest absolute Gasteiger partial charge is 0.497 e. The van der Waals surface area contributed by atoms with Gasteiger partial charge in [-0.15, -0.1) is 11.6 Å². The van der Waals surface area contributed by atoms with Gasteiger partial charge in [-0.1, -0.05) is 12.1 Å². The third kappa shape index (κ3) is 2.23. The minimum Gasteiger partial charge on any atom is -0.497 e. The van der Waals surface area contributed by atoms with Crippen molar-refractivity contribution >= 4 is 22.9 Å². The maximum Gasteiger partial charge on any atom is 0.118 e. The number of aryl methyl sites for hydroxylation is 1. The molecule has 2 rings (SSSR count). The molecule has 0 fully saturated rings.